The van der Waals surface area contributed by atoms with Crippen LogP contribution < -0.4 is 10.5 Å². The van der Waals surface area contributed by atoms with Crippen molar-refractivity contribution in [3.8, 4) is 23.3 Å². The van der Waals surface area contributed by atoms with Gasteiger partial charge in [0.15, 0.2) is 0 Å². The molecule has 178 valence electrons. The number of H-pyrrole nitrogens is 1. The lowest BCUT2D eigenvalue weighted by Gasteiger charge is -2.23. The predicted octanol–water partition coefficient (Wildman–Crippen LogP) is 4.48. The average molecular weight is 469 g/mol. The second-order valence-corrected chi connectivity index (χ2v) is 8.72. The number of aromatic hydroxyl groups is 1. The van der Waals surface area contributed by atoms with Crippen LogP contribution in [0, 0.1) is 11.8 Å². The Hall–Kier alpha value is -4.21. The van der Waals surface area contributed by atoms with E-state index in [0.29, 0.717) is 28.9 Å². The van der Waals surface area contributed by atoms with Crippen molar-refractivity contribution in [1.82, 2.24) is 4.98 Å². The lowest BCUT2D eigenvalue weighted by molar-refractivity contribution is 0.0994. The second-order valence-electron chi connectivity index (χ2n) is 8.72. The molecule has 5 N–H and O–H groups in total. The zero-order valence-electron chi connectivity index (χ0n) is 19.7. The Labute approximate surface area is 204 Å². The topological polar surface area (TPSA) is 109 Å². The molecule has 0 saturated heterocycles. The van der Waals surface area contributed by atoms with Gasteiger partial charge in [0.2, 0.25) is 0 Å². The highest BCUT2D eigenvalue weighted by molar-refractivity contribution is 5.96. The van der Waals surface area contributed by atoms with Gasteiger partial charge in [0.25, 0.3) is 5.91 Å². The van der Waals surface area contributed by atoms with Crippen LogP contribution in [-0.2, 0) is 6.42 Å². The first-order valence-electron chi connectivity index (χ1n) is 11.5. The summed E-state index contributed by atoms with van der Waals surface area (Å²) in [5, 5.41) is 21.2. The molecule has 0 aliphatic carbocycles. The Bertz CT molecular complexity index is 1430. The minimum Gasteiger partial charge on any atom is -0.508 e. The summed E-state index contributed by atoms with van der Waals surface area (Å²) in [4.78, 5) is 15.7. The molecule has 0 bridgehead atoms. The van der Waals surface area contributed by atoms with Crippen molar-refractivity contribution in [1.29, 1.82) is 0 Å². The summed E-state index contributed by atoms with van der Waals surface area (Å²) in [6.07, 6.45) is 2.26. The fraction of sp³-hybridized carbons (Fsp3) is 0.207. The lowest BCUT2D eigenvalue weighted by Crippen LogP contribution is -2.19. The number of aromatic nitrogens is 1. The number of phenols is 1. The minimum atomic E-state index is -0.633. The summed E-state index contributed by atoms with van der Waals surface area (Å²) in [7, 11) is 0. The molecule has 0 spiro atoms. The molecule has 0 unspecified atom stereocenters. The number of amides is 1. The van der Waals surface area contributed by atoms with E-state index in [1.165, 1.54) is 0 Å². The third kappa shape index (κ3) is 5.48. The van der Waals surface area contributed by atoms with E-state index in [1.54, 1.807) is 30.3 Å². The van der Waals surface area contributed by atoms with Crippen molar-refractivity contribution in [2.24, 2.45) is 5.73 Å². The summed E-state index contributed by atoms with van der Waals surface area (Å²) < 4.78 is 6.06. The molecule has 1 heterocycles. The average Bonchev–Trinajstić information content (AvgIpc) is 3.24. The molecule has 0 aliphatic heterocycles. The molecule has 6 nitrogen and oxygen atoms in total. The third-order valence-electron chi connectivity index (χ3n) is 5.74. The summed E-state index contributed by atoms with van der Waals surface area (Å²) in [5.41, 5.74) is 9.88. The van der Waals surface area contributed by atoms with E-state index in [9.17, 15) is 15.0 Å². The Morgan fingerprint density at radius 1 is 1.06 bits per heavy atom. The number of aliphatic hydroxyl groups excluding tert-OH is 1. The number of primary amides is 1. The van der Waals surface area contributed by atoms with Crippen molar-refractivity contribution < 1.29 is 19.7 Å². The summed E-state index contributed by atoms with van der Waals surface area (Å²) >= 11 is 0. The number of carbonyl (C=O) groups is 1. The fourth-order valence-electron chi connectivity index (χ4n) is 4.14. The van der Waals surface area contributed by atoms with Crippen LogP contribution >= 0.6 is 0 Å². The normalized spacial score (nSPS) is 11.8. The first-order valence-corrected chi connectivity index (χ1v) is 11.5. The zero-order valence-corrected chi connectivity index (χ0v) is 19.7. The molecule has 4 aromatic rings. The minimum absolute atomic E-state index is 0.120. The molecule has 1 amide bonds. The number of hydrogen-bond donors (Lipinski definition) is 4. The summed E-state index contributed by atoms with van der Waals surface area (Å²) in [6, 6.07) is 18.1. The zero-order chi connectivity index (χ0) is 24.9. The number of para-hydroxylation sites is 1. The van der Waals surface area contributed by atoms with Gasteiger partial charge in [0.05, 0.1) is 18.3 Å². The van der Waals surface area contributed by atoms with Crippen LogP contribution in [0.15, 0.2) is 66.9 Å². The maximum absolute atomic E-state index is 12.4. The molecule has 1 atom stereocenters. The molecule has 4 rings (SSSR count). The van der Waals surface area contributed by atoms with E-state index in [2.05, 4.69) is 16.8 Å². The highest BCUT2D eigenvalue weighted by Crippen LogP contribution is 2.35. The van der Waals surface area contributed by atoms with Gasteiger partial charge in [-0.1, -0.05) is 36.1 Å². The van der Waals surface area contributed by atoms with E-state index >= 15 is 0 Å². The van der Waals surface area contributed by atoms with Gasteiger partial charge in [0.1, 0.15) is 11.5 Å². The van der Waals surface area contributed by atoms with Crippen molar-refractivity contribution >= 4 is 16.8 Å². The van der Waals surface area contributed by atoms with Crippen LogP contribution in [0.2, 0.25) is 0 Å². The number of carbonyl (C=O) groups excluding carboxylic acids is 1. The molecule has 0 fully saturated rings. The maximum Gasteiger partial charge on any atom is 0.252 e. The Balaban J connectivity index is 1.82. The second kappa shape index (κ2) is 10.4. The van der Waals surface area contributed by atoms with Gasteiger partial charge in [-0.05, 0) is 62.2 Å². The van der Waals surface area contributed by atoms with Crippen LogP contribution in [0.4, 0.5) is 0 Å². The smallest absolute Gasteiger partial charge is 0.252 e. The Morgan fingerprint density at radius 3 is 2.54 bits per heavy atom. The number of aliphatic hydroxyl groups is 1. The number of nitrogens with one attached hydrogen (secondary N) is 1. The molecule has 0 radical (unpaired) electrons. The van der Waals surface area contributed by atoms with Gasteiger partial charge < -0.3 is 25.7 Å². The quantitative estimate of drug-likeness (QED) is 0.300. The van der Waals surface area contributed by atoms with E-state index in [-0.39, 0.29) is 29.9 Å². The first-order chi connectivity index (χ1) is 16.9. The van der Waals surface area contributed by atoms with E-state index < -0.39 is 5.91 Å². The van der Waals surface area contributed by atoms with E-state index in [4.69, 9.17) is 10.5 Å². The molecule has 0 saturated carbocycles. The molecule has 6 heteroatoms. The number of nitrogens with two attached hydrogens (primary N) is 1. The highest BCUT2D eigenvalue weighted by atomic mass is 16.5. The molecule has 35 heavy (non-hydrogen) atoms. The molecule has 0 aliphatic rings. The predicted molar refractivity (Wildman–Crippen MR) is 137 cm³/mol. The van der Waals surface area contributed by atoms with E-state index in [0.717, 1.165) is 16.5 Å². The number of rotatable bonds is 7. The Kier molecular flexibility index (Phi) is 7.09. The monoisotopic (exact) mass is 468 g/mol. The molecule has 1 aromatic heterocycles. The van der Waals surface area contributed by atoms with Gasteiger partial charge in [-0.2, -0.15) is 0 Å². The lowest BCUT2D eigenvalue weighted by atomic mass is 9.88. The number of aromatic amines is 1. The van der Waals surface area contributed by atoms with Gasteiger partial charge in [0, 0.05) is 39.7 Å². The SMILES string of the molecule is CC(C)Oc1c(C(N)=O)cc(C#Cc2cccc(O)c2)cc1[C@H](CO)Cc1c[nH]c2ccccc12. The third-order valence-corrected chi connectivity index (χ3v) is 5.74. The summed E-state index contributed by atoms with van der Waals surface area (Å²) in [5.74, 6) is 5.57. The van der Waals surface area contributed by atoms with Crippen LogP contribution in [0.1, 0.15) is 52.4 Å². The van der Waals surface area contributed by atoms with Crippen LogP contribution in [0.25, 0.3) is 10.9 Å². The summed E-state index contributed by atoms with van der Waals surface area (Å²) in [6.45, 7) is 3.59. The van der Waals surface area contributed by atoms with Crippen molar-refractivity contribution in [2.45, 2.75) is 32.3 Å². The van der Waals surface area contributed by atoms with Gasteiger partial charge in [-0.3, -0.25) is 4.79 Å². The highest BCUT2D eigenvalue weighted by Gasteiger charge is 2.24. The Morgan fingerprint density at radius 2 is 1.83 bits per heavy atom. The maximum atomic E-state index is 12.4. The van der Waals surface area contributed by atoms with Gasteiger partial charge in [-0.15, -0.1) is 0 Å². The molecular formula is C29H28N2O4. The number of hydrogen-bond acceptors (Lipinski definition) is 4. The van der Waals surface area contributed by atoms with Crippen LogP contribution in [-0.4, -0.2) is 33.8 Å². The molecular weight excluding hydrogens is 440 g/mol. The van der Waals surface area contributed by atoms with Gasteiger partial charge >= 0.3 is 0 Å². The van der Waals surface area contributed by atoms with E-state index in [1.807, 2.05) is 50.4 Å². The standard InChI is InChI=1S/C29H28N2O4/c1-18(2)35-28-25(22(17-32)15-21-16-31-27-9-4-3-8-24(21)27)13-20(14-26(28)29(30)34)11-10-19-6-5-7-23(33)12-19/h3-9,12-14,16,18,22,31-33H,15,17H2,1-2H3,(H2,30,34)/t22-/m0/s1. The van der Waals surface area contributed by atoms with Crippen molar-refractivity contribution in [3.63, 3.8) is 0 Å². The number of ether oxygens (including phenoxy) is 1. The molecule has 3 aromatic carbocycles. The largest absolute Gasteiger partial charge is 0.508 e. The number of benzene rings is 3. The fourth-order valence-corrected chi connectivity index (χ4v) is 4.14. The van der Waals surface area contributed by atoms with Crippen LogP contribution in [0.3, 0.4) is 0 Å². The van der Waals surface area contributed by atoms with Crippen molar-refractivity contribution in [3.05, 3.63) is 94.7 Å². The number of fused-ring (bicyclic) bond motifs is 1. The van der Waals surface area contributed by atoms with Crippen LogP contribution in [0.5, 0.6) is 11.5 Å². The van der Waals surface area contributed by atoms with Crippen molar-refractivity contribution in [2.75, 3.05) is 6.61 Å². The number of phenolic OH excluding ortho intramolecular Hbond substituents is 1. The van der Waals surface area contributed by atoms with Gasteiger partial charge in [-0.25, -0.2) is 0 Å². The first kappa shape index (κ1) is 23.9.